The summed E-state index contributed by atoms with van der Waals surface area (Å²) < 4.78 is 1.88. The van der Waals surface area contributed by atoms with Gasteiger partial charge in [-0.15, -0.1) is 0 Å². The monoisotopic (exact) mass is 257 g/mol. The largest absolute Gasteiger partial charge is 0.344 e. The lowest BCUT2D eigenvalue weighted by Crippen LogP contribution is -2.31. The summed E-state index contributed by atoms with van der Waals surface area (Å²) in [5, 5.41) is 7.28. The molecule has 0 saturated heterocycles. The van der Waals surface area contributed by atoms with Gasteiger partial charge in [0.15, 0.2) is 0 Å². The highest BCUT2D eigenvalue weighted by Crippen LogP contribution is 2.29. The van der Waals surface area contributed by atoms with E-state index in [1.807, 2.05) is 17.9 Å². The smallest absolute Gasteiger partial charge is 0.271 e. The standard InChI is InChI=1S/C13H15N5O/c1-18-12-4-2-3-10(9(12)7-16-18)17-13(19)11-8-14-5-6-15-11/h5-8,10H,2-4H2,1H3,(H,17,19)/t10-/m0/s1. The average molecular weight is 257 g/mol. The van der Waals surface area contributed by atoms with Crippen LogP contribution in [0.25, 0.3) is 0 Å². The van der Waals surface area contributed by atoms with Crippen LogP contribution in [-0.2, 0) is 13.5 Å². The summed E-state index contributed by atoms with van der Waals surface area (Å²) in [7, 11) is 1.94. The fourth-order valence-corrected chi connectivity index (χ4v) is 2.50. The van der Waals surface area contributed by atoms with Crippen molar-refractivity contribution in [1.82, 2.24) is 25.1 Å². The summed E-state index contributed by atoms with van der Waals surface area (Å²) in [4.78, 5) is 20.0. The highest BCUT2D eigenvalue weighted by atomic mass is 16.1. The van der Waals surface area contributed by atoms with E-state index < -0.39 is 0 Å². The summed E-state index contributed by atoms with van der Waals surface area (Å²) in [5.41, 5.74) is 2.67. The van der Waals surface area contributed by atoms with E-state index in [0.717, 1.165) is 24.8 Å². The lowest BCUT2D eigenvalue weighted by atomic mass is 9.93. The molecule has 19 heavy (non-hydrogen) atoms. The molecule has 2 aromatic rings. The number of aromatic nitrogens is 4. The first-order valence-electron chi connectivity index (χ1n) is 6.33. The van der Waals surface area contributed by atoms with E-state index >= 15 is 0 Å². The number of rotatable bonds is 2. The first-order chi connectivity index (χ1) is 9.25. The first kappa shape index (κ1) is 11.8. The van der Waals surface area contributed by atoms with Crippen LogP contribution in [0.3, 0.4) is 0 Å². The summed E-state index contributed by atoms with van der Waals surface area (Å²) in [6.07, 6.45) is 9.40. The van der Waals surface area contributed by atoms with E-state index in [1.165, 1.54) is 18.1 Å². The van der Waals surface area contributed by atoms with Crippen LogP contribution in [0, 0.1) is 0 Å². The fourth-order valence-electron chi connectivity index (χ4n) is 2.50. The lowest BCUT2D eigenvalue weighted by Gasteiger charge is -2.23. The molecule has 1 atom stereocenters. The third-order valence-electron chi connectivity index (χ3n) is 3.48. The zero-order chi connectivity index (χ0) is 13.2. The Morgan fingerprint density at radius 2 is 2.32 bits per heavy atom. The molecule has 0 radical (unpaired) electrons. The number of nitrogens with one attached hydrogen (secondary N) is 1. The summed E-state index contributed by atoms with van der Waals surface area (Å²) in [6.45, 7) is 0. The molecule has 0 spiro atoms. The highest BCUT2D eigenvalue weighted by Gasteiger charge is 2.25. The Hall–Kier alpha value is -2.24. The second-order valence-corrected chi connectivity index (χ2v) is 4.68. The molecule has 0 unspecified atom stereocenters. The van der Waals surface area contributed by atoms with E-state index in [1.54, 1.807) is 6.20 Å². The predicted molar refractivity (Wildman–Crippen MR) is 68.4 cm³/mol. The maximum atomic E-state index is 12.1. The quantitative estimate of drug-likeness (QED) is 0.871. The van der Waals surface area contributed by atoms with Crippen molar-refractivity contribution in [1.29, 1.82) is 0 Å². The summed E-state index contributed by atoms with van der Waals surface area (Å²) in [6, 6.07) is 0.0203. The van der Waals surface area contributed by atoms with E-state index in [2.05, 4.69) is 20.4 Å². The van der Waals surface area contributed by atoms with Gasteiger partial charge in [0.05, 0.1) is 18.4 Å². The molecule has 6 nitrogen and oxygen atoms in total. The summed E-state index contributed by atoms with van der Waals surface area (Å²) >= 11 is 0. The molecular weight excluding hydrogens is 242 g/mol. The molecule has 0 fully saturated rings. The van der Waals surface area contributed by atoms with Gasteiger partial charge in [-0.25, -0.2) is 4.98 Å². The lowest BCUT2D eigenvalue weighted by molar-refractivity contribution is 0.0927. The number of hydrogen-bond donors (Lipinski definition) is 1. The van der Waals surface area contributed by atoms with Crippen molar-refractivity contribution in [3.8, 4) is 0 Å². The number of fused-ring (bicyclic) bond motifs is 1. The number of carbonyl (C=O) groups excluding carboxylic acids is 1. The van der Waals surface area contributed by atoms with Crippen LogP contribution >= 0.6 is 0 Å². The van der Waals surface area contributed by atoms with Gasteiger partial charge in [0, 0.05) is 30.7 Å². The Morgan fingerprint density at radius 1 is 1.42 bits per heavy atom. The number of hydrogen-bond acceptors (Lipinski definition) is 4. The van der Waals surface area contributed by atoms with Crippen molar-refractivity contribution in [3.05, 3.63) is 41.7 Å². The molecule has 1 amide bonds. The van der Waals surface area contributed by atoms with Crippen LogP contribution in [-0.4, -0.2) is 25.7 Å². The van der Waals surface area contributed by atoms with Crippen molar-refractivity contribution in [2.75, 3.05) is 0 Å². The van der Waals surface area contributed by atoms with Gasteiger partial charge in [-0.1, -0.05) is 0 Å². The van der Waals surface area contributed by atoms with Gasteiger partial charge in [-0.3, -0.25) is 14.5 Å². The van der Waals surface area contributed by atoms with Gasteiger partial charge >= 0.3 is 0 Å². The van der Waals surface area contributed by atoms with Gasteiger partial charge in [-0.2, -0.15) is 5.10 Å². The Kier molecular flexibility index (Phi) is 2.98. The normalized spacial score (nSPS) is 17.8. The van der Waals surface area contributed by atoms with Crippen molar-refractivity contribution in [2.45, 2.75) is 25.3 Å². The Balaban J connectivity index is 1.80. The highest BCUT2D eigenvalue weighted by molar-refractivity contribution is 5.92. The minimum Gasteiger partial charge on any atom is -0.344 e. The zero-order valence-corrected chi connectivity index (χ0v) is 10.7. The molecule has 0 bridgehead atoms. The van der Waals surface area contributed by atoms with E-state index in [9.17, 15) is 4.79 Å². The van der Waals surface area contributed by atoms with E-state index in [4.69, 9.17) is 0 Å². The van der Waals surface area contributed by atoms with Crippen LogP contribution in [0.15, 0.2) is 24.8 Å². The molecule has 2 aromatic heterocycles. The maximum Gasteiger partial charge on any atom is 0.271 e. The second kappa shape index (κ2) is 4.79. The topological polar surface area (TPSA) is 72.7 Å². The predicted octanol–water partition coefficient (Wildman–Crippen LogP) is 1.02. The number of aryl methyl sites for hydroxylation is 1. The molecule has 98 valence electrons. The number of carbonyl (C=O) groups is 1. The number of nitrogens with zero attached hydrogens (tertiary/aromatic N) is 4. The van der Waals surface area contributed by atoms with E-state index in [-0.39, 0.29) is 11.9 Å². The van der Waals surface area contributed by atoms with Gasteiger partial charge < -0.3 is 5.32 Å². The molecule has 0 saturated carbocycles. The molecule has 0 aromatic carbocycles. The van der Waals surface area contributed by atoms with Crippen molar-refractivity contribution in [2.24, 2.45) is 7.05 Å². The van der Waals surface area contributed by atoms with Gasteiger partial charge in [-0.05, 0) is 19.3 Å². The SMILES string of the molecule is Cn1ncc2c1CCC[C@@H]2NC(=O)c1cnccn1. The minimum atomic E-state index is -0.185. The van der Waals surface area contributed by atoms with Crippen molar-refractivity contribution >= 4 is 5.91 Å². The Labute approximate surface area is 110 Å². The molecule has 6 heteroatoms. The molecule has 0 aliphatic heterocycles. The van der Waals surface area contributed by atoms with Crippen molar-refractivity contribution < 1.29 is 4.79 Å². The molecular formula is C13H15N5O. The average Bonchev–Trinajstić information content (AvgIpc) is 2.83. The van der Waals surface area contributed by atoms with Crippen LogP contribution in [0.2, 0.25) is 0 Å². The minimum absolute atomic E-state index is 0.0203. The zero-order valence-electron chi connectivity index (χ0n) is 10.7. The van der Waals surface area contributed by atoms with Crippen LogP contribution in [0.4, 0.5) is 0 Å². The van der Waals surface area contributed by atoms with Crippen molar-refractivity contribution in [3.63, 3.8) is 0 Å². The van der Waals surface area contributed by atoms with Crippen LogP contribution in [0.1, 0.15) is 40.6 Å². The Morgan fingerprint density at radius 3 is 3.11 bits per heavy atom. The summed E-state index contributed by atoms with van der Waals surface area (Å²) in [5.74, 6) is -0.185. The third kappa shape index (κ3) is 2.21. The van der Waals surface area contributed by atoms with Crippen LogP contribution < -0.4 is 5.32 Å². The van der Waals surface area contributed by atoms with Crippen LogP contribution in [0.5, 0.6) is 0 Å². The fraction of sp³-hybridized carbons (Fsp3) is 0.385. The molecule has 1 aliphatic rings. The first-order valence-corrected chi connectivity index (χ1v) is 6.33. The molecule has 2 heterocycles. The Bertz CT molecular complexity index is 592. The van der Waals surface area contributed by atoms with Gasteiger partial charge in [0.25, 0.3) is 5.91 Å². The molecule has 1 N–H and O–H groups in total. The number of amides is 1. The van der Waals surface area contributed by atoms with E-state index in [0.29, 0.717) is 5.69 Å². The third-order valence-corrected chi connectivity index (χ3v) is 3.48. The maximum absolute atomic E-state index is 12.1. The molecule has 1 aliphatic carbocycles. The second-order valence-electron chi connectivity index (χ2n) is 4.68. The molecule has 3 rings (SSSR count). The van der Waals surface area contributed by atoms with Gasteiger partial charge in [0.1, 0.15) is 5.69 Å². The van der Waals surface area contributed by atoms with Gasteiger partial charge in [0.2, 0.25) is 0 Å².